The number of rotatable bonds is 6. The van der Waals surface area contributed by atoms with Crippen molar-refractivity contribution < 1.29 is 4.79 Å². The average Bonchev–Trinajstić information content (AvgIpc) is 3.15. The fourth-order valence-corrected chi connectivity index (χ4v) is 5.21. The molecule has 0 atom stereocenters. The summed E-state index contributed by atoms with van der Waals surface area (Å²) < 4.78 is 1.60. The van der Waals surface area contributed by atoms with Gasteiger partial charge in [0, 0.05) is 18.7 Å². The van der Waals surface area contributed by atoms with Crippen molar-refractivity contribution >= 4 is 45.7 Å². The van der Waals surface area contributed by atoms with Gasteiger partial charge in [0.1, 0.15) is 10.7 Å². The van der Waals surface area contributed by atoms with Gasteiger partial charge in [0.2, 0.25) is 0 Å². The van der Waals surface area contributed by atoms with Gasteiger partial charge in [-0.1, -0.05) is 53.5 Å². The van der Waals surface area contributed by atoms with Crippen molar-refractivity contribution in [2.75, 3.05) is 19.6 Å². The molecule has 5 rings (SSSR count). The summed E-state index contributed by atoms with van der Waals surface area (Å²) in [5.41, 5.74) is 3.13. The summed E-state index contributed by atoms with van der Waals surface area (Å²) in [6.45, 7) is 3.81. The number of carbonyl (C=O) groups excluding carboxylic acids is 1. The van der Waals surface area contributed by atoms with Crippen LogP contribution in [0, 0.1) is 5.92 Å². The Kier molecular flexibility index (Phi) is 6.63. The quantitative estimate of drug-likeness (QED) is 0.389. The van der Waals surface area contributed by atoms with Gasteiger partial charge in [0.25, 0.3) is 11.5 Å². The number of H-pyrrole nitrogens is 1. The predicted octanol–water partition coefficient (Wildman–Crippen LogP) is 5.12. The second-order valence-corrected chi connectivity index (χ2v) is 9.70. The lowest BCUT2D eigenvalue weighted by atomic mass is 9.93. The topological polar surface area (TPSA) is 69.6 Å². The van der Waals surface area contributed by atoms with Crippen molar-refractivity contribution in [3.63, 3.8) is 0 Å². The minimum Gasteiger partial charge on any atom is -0.352 e. The van der Waals surface area contributed by atoms with Gasteiger partial charge in [-0.25, -0.2) is 0 Å². The van der Waals surface area contributed by atoms with Crippen molar-refractivity contribution in [2.45, 2.75) is 25.8 Å². The molecular formula is C26H26Cl2N4O2. The van der Waals surface area contributed by atoms with Crippen LogP contribution in [0.2, 0.25) is 10.2 Å². The molecule has 34 heavy (non-hydrogen) atoms. The highest BCUT2D eigenvalue weighted by Crippen LogP contribution is 2.28. The maximum Gasteiger partial charge on any atom is 0.272 e. The van der Waals surface area contributed by atoms with E-state index in [1.807, 2.05) is 6.07 Å². The summed E-state index contributed by atoms with van der Waals surface area (Å²) in [6.07, 6.45) is 3.26. The van der Waals surface area contributed by atoms with E-state index in [1.54, 1.807) is 22.6 Å². The zero-order valence-corrected chi connectivity index (χ0v) is 20.2. The van der Waals surface area contributed by atoms with E-state index in [0.29, 0.717) is 39.6 Å². The molecule has 1 amide bonds. The SMILES string of the molecule is O=C(NCCC1CCN(Cc2ccccc2)CC1)c1ccc2c(c1)[nH]c(=O)c1cc(Cl)c(Cl)n12. The van der Waals surface area contributed by atoms with E-state index < -0.39 is 0 Å². The number of hydrogen-bond acceptors (Lipinski definition) is 3. The minimum atomic E-state index is -0.308. The normalized spacial score (nSPS) is 15.2. The van der Waals surface area contributed by atoms with E-state index in [1.165, 1.54) is 11.6 Å². The van der Waals surface area contributed by atoms with Crippen molar-refractivity contribution in [1.29, 1.82) is 0 Å². The second kappa shape index (κ2) is 9.82. The first-order valence-corrected chi connectivity index (χ1v) is 12.3. The predicted molar refractivity (Wildman–Crippen MR) is 137 cm³/mol. The number of piperidine rings is 1. The van der Waals surface area contributed by atoms with Crippen LogP contribution in [0.25, 0.3) is 16.6 Å². The molecule has 2 aromatic carbocycles. The molecule has 1 aliphatic heterocycles. The number of fused-ring (bicyclic) bond motifs is 3. The van der Waals surface area contributed by atoms with Crippen LogP contribution in [-0.4, -0.2) is 39.8 Å². The van der Waals surface area contributed by atoms with Crippen LogP contribution in [0.15, 0.2) is 59.4 Å². The van der Waals surface area contributed by atoms with E-state index in [0.717, 1.165) is 38.9 Å². The molecule has 0 unspecified atom stereocenters. The van der Waals surface area contributed by atoms with Crippen LogP contribution in [0.5, 0.6) is 0 Å². The van der Waals surface area contributed by atoms with Gasteiger partial charge >= 0.3 is 0 Å². The third-order valence-corrected chi connectivity index (χ3v) is 7.43. The van der Waals surface area contributed by atoms with E-state index >= 15 is 0 Å². The minimum absolute atomic E-state index is 0.152. The van der Waals surface area contributed by atoms with Gasteiger partial charge in [-0.2, -0.15) is 0 Å². The van der Waals surface area contributed by atoms with Gasteiger partial charge in [0.15, 0.2) is 0 Å². The number of benzene rings is 2. The Bertz CT molecular complexity index is 1390. The third-order valence-electron chi connectivity index (χ3n) is 6.67. The van der Waals surface area contributed by atoms with E-state index in [9.17, 15) is 9.59 Å². The van der Waals surface area contributed by atoms with Crippen molar-refractivity contribution in [1.82, 2.24) is 19.6 Å². The number of carbonyl (C=O) groups is 1. The molecule has 3 heterocycles. The monoisotopic (exact) mass is 496 g/mol. The number of nitrogens with zero attached hydrogens (tertiary/aromatic N) is 2. The number of hydrogen-bond donors (Lipinski definition) is 2. The molecule has 0 spiro atoms. The molecule has 2 aromatic heterocycles. The number of aromatic amines is 1. The van der Waals surface area contributed by atoms with Crippen LogP contribution >= 0.6 is 23.2 Å². The van der Waals surface area contributed by atoms with Gasteiger partial charge in [-0.3, -0.25) is 18.9 Å². The van der Waals surface area contributed by atoms with Crippen LogP contribution in [0.3, 0.4) is 0 Å². The van der Waals surface area contributed by atoms with Gasteiger partial charge in [-0.05, 0) is 68.1 Å². The molecule has 0 aliphatic carbocycles. The van der Waals surface area contributed by atoms with E-state index in [2.05, 4.69) is 39.5 Å². The fraction of sp³-hybridized carbons (Fsp3) is 0.308. The summed E-state index contributed by atoms with van der Waals surface area (Å²) >= 11 is 12.4. The Hall–Kier alpha value is -2.80. The summed E-state index contributed by atoms with van der Waals surface area (Å²) in [7, 11) is 0. The van der Waals surface area contributed by atoms with E-state index in [4.69, 9.17) is 23.2 Å². The Morgan fingerprint density at radius 3 is 2.56 bits per heavy atom. The molecule has 176 valence electrons. The van der Waals surface area contributed by atoms with E-state index in [-0.39, 0.29) is 16.6 Å². The zero-order chi connectivity index (χ0) is 23.7. The van der Waals surface area contributed by atoms with Crippen LogP contribution in [0.1, 0.15) is 35.2 Å². The first-order chi connectivity index (χ1) is 16.5. The lowest BCUT2D eigenvalue weighted by Gasteiger charge is -2.32. The average molecular weight is 497 g/mol. The smallest absolute Gasteiger partial charge is 0.272 e. The Morgan fingerprint density at radius 1 is 1.03 bits per heavy atom. The molecule has 2 N–H and O–H groups in total. The Labute approximate surface area is 207 Å². The Balaban J connectivity index is 1.17. The number of amides is 1. The van der Waals surface area contributed by atoms with Crippen molar-refractivity contribution in [3.8, 4) is 0 Å². The number of nitrogens with one attached hydrogen (secondary N) is 2. The molecule has 4 aromatic rings. The largest absolute Gasteiger partial charge is 0.352 e. The molecule has 1 aliphatic rings. The summed E-state index contributed by atoms with van der Waals surface area (Å²) in [6, 6.07) is 17.3. The van der Waals surface area contributed by atoms with Crippen LogP contribution < -0.4 is 10.9 Å². The molecule has 6 nitrogen and oxygen atoms in total. The van der Waals surface area contributed by atoms with Gasteiger partial charge in [-0.15, -0.1) is 0 Å². The lowest BCUT2D eigenvalue weighted by Crippen LogP contribution is -2.34. The first kappa shape index (κ1) is 23.0. The third kappa shape index (κ3) is 4.71. The van der Waals surface area contributed by atoms with Gasteiger partial charge < -0.3 is 10.3 Å². The van der Waals surface area contributed by atoms with Crippen LogP contribution in [-0.2, 0) is 6.54 Å². The molecular weight excluding hydrogens is 471 g/mol. The fourth-order valence-electron chi connectivity index (χ4n) is 4.78. The highest BCUT2D eigenvalue weighted by molar-refractivity contribution is 6.42. The second-order valence-electron chi connectivity index (χ2n) is 8.94. The lowest BCUT2D eigenvalue weighted by molar-refractivity contribution is 0.0948. The molecule has 1 fully saturated rings. The van der Waals surface area contributed by atoms with Crippen molar-refractivity contribution in [3.05, 3.63) is 86.3 Å². The molecule has 1 saturated heterocycles. The highest BCUT2D eigenvalue weighted by Gasteiger charge is 2.20. The highest BCUT2D eigenvalue weighted by atomic mass is 35.5. The first-order valence-electron chi connectivity index (χ1n) is 11.6. The zero-order valence-electron chi connectivity index (χ0n) is 18.7. The number of likely N-dealkylation sites (tertiary alicyclic amines) is 1. The van der Waals surface area contributed by atoms with Crippen LogP contribution in [0.4, 0.5) is 0 Å². The van der Waals surface area contributed by atoms with Crippen molar-refractivity contribution in [2.24, 2.45) is 5.92 Å². The maximum absolute atomic E-state index is 12.7. The number of aromatic nitrogens is 2. The summed E-state index contributed by atoms with van der Waals surface area (Å²) in [5, 5.41) is 3.62. The van der Waals surface area contributed by atoms with Gasteiger partial charge in [0.05, 0.1) is 16.1 Å². The molecule has 0 radical (unpaired) electrons. The summed E-state index contributed by atoms with van der Waals surface area (Å²) in [5.74, 6) is 0.468. The molecule has 0 bridgehead atoms. The Morgan fingerprint density at radius 2 is 1.79 bits per heavy atom. The standard InChI is InChI=1S/C26H26Cl2N4O2/c27-20-15-23-26(34)30-21-14-19(6-7-22(21)32(23)24(20)28)25(33)29-11-8-17-9-12-31(13-10-17)16-18-4-2-1-3-5-18/h1-7,14-15,17H,8-13,16H2,(H,29,33)(H,30,34). The summed E-state index contributed by atoms with van der Waals surface area (Å²) in [4.78, 5) is 30.5. The maximum atomic E-state index is 12.7. The molecule has 0 saturated carbocycles. The molecule has 8 heteroatoms. The number of halogens is 2.